The van der Waals surface area contributed by atoms with Crippen molar-refractivity contribution in [2.75, 3.05) is 13.1 Å². The van der Waals surface area contributed by atoms with E-state index in [4.69, 9.17) is 5.73 Å². The van der Waals surface area contributed by atoms with E-state index in [1.54, 1.807) is 18.2 Å². The van der Waals surface area contributed by atoms with Crippen molar-refractivity contribution >= 4 is 18.3 Å². The van der Waals surface area contributed by atoms with E-state index in [1.807, 2.05) is 0 Å². The first-order chi connectivity index (χ1) is 9.18. The van der Waals surface area contributed by atoms with Gasteiger partial charge in [-0.15, -0.1) is 12.4 Å². The third kappa shape index (κ3) is 3.70. The Morgan fingerprint density at radius 1 is 1.30 bits per heavy atom. The Morgan fingerprint density at radius 2 is 1.95 bits per heavy atom. The molecule has 0 aliphatic heterocycles. The zero-order chi connectivity index (χ0) is 13.7. The molecule has 1 aromatic rings. The van der Waals surface area contributed by atoms with Gasteiger partial charge in [0.1, 0.15) is 5.82 Å². The highest BCUT2D eigenvalue weighted by atomic mass is 35.5. The highest BCUT2D eigenvalue weighted by Gasteiger charge is 2.39. The predicted octanol–water partition coefficient (Wildman–Crippen LogP) is 2.43. The maximum atomic E-state index is 13.4. The summed E-state index contributed by atoms with van der Waals surface area (Å²) in [5, 5.41) is 2.91. The van der Waals surface area contributed by atoms with Crippen LogP contribution in [-0.2, 0) is 11.2 Å². The fourth-order valence-corrected chi connectivity index (χ4v) is 2.78. The van der Waals surface area contributed by atoms with E-state index in [0.717, 1.165) is 25.7 Å². The summed E-state index contributed by atoms with van der Waals surface area (Å²) < 4.78 is 13.4. The number of carbonyl (C=O) groups is 1. The van der Waals surface area contributed by atoms with Gasteiger partial charge in [-0.3, -0.25) is 4.79 Å². The van der Waals surface area contributed by atoms with Crippen LogP contribution in [0.4, 0.5) is 4.39 Å². The van der Waals surface area contributed by atoms with E-state index in [2.05, 4.69) is 5.32 Å². The predicted molar refractivity (Wildman–Crippen MR) is 80.3 cm³/mol. The Kier molecular flexibility index (Phi) is 6.43. The van der Waals surface area contributed by atoms with Gasteiger partial charge in [0.2, 0.25) is 5.91 Å². The Morgan fingerprint density at radius 3 is 2.55 bits per heavy atom. The Balaban J connectivity index is 0.00000200. The van der Waals surface area contributed by atoms with E-state index >= 15 is 0 Å². The lowest BCUT2D eigenvalue weighted by atomic mass is 9.85. The summed E-state index contributed by atoms with van der Waals surface area (Å²) in [7, 11) is 0. The minimum Gasteiger partial charge on any atom is -0.355 e. The molecule has 0 bridgehead atoms. The maximum Gasteiger partial charge on any atom is 0.227 e. The summed E-state index contributed by atoms with van der Waals surface area (Å²) >= 11 is 0. The number of hydrogen-bond donors (Lipinski definition) is 2. The van der Waals surface area contributed by atoms with Crippen LogP contribution in [0.5, 0.6) is 0 Å². The Labute approximate surface area is 125 Å². The van der Waals surface area contributed by atoms with Crippen molar-refractivity contribution in [1.29, 1.82) is 0 Å². The third-order valence-corrected chi connectivity index (χ3v) is 4.07. The normalized spacial score (nSPS) is 16.5. The summed E-state index contributed by atoms with van der Waals surface area (Å²) in [5.41, 5.74) is 6.01. The van der Waals surface area contributed by atoms with Crippen molar-refractivity contribution in [2.24, 2.45) is 11.1 Å². The molecule has 0 radical (unpaired) electrons. The lowest BCUT2D eigenvalue weighted by Crippen LogP contribution is -2.44. The van der Waals surface area contributed by atoms with Crippen LogP contribution in [0.15, 0.2) is 24.3 Å². The quantitative estimate of drug-likeness (QED) is 0.877. The standard InChI is InChI=1S/C15H21FN2O.ClH/c16-13-6-2-1-5-12(13)7-10-18-14(19)15(11-17)8-3-4-9-15;/h1-2,5-6H,3-4,7-11,17H2,(H,18,19);1H. The molecular formula is C15H22ClFN2O. The van der Waals surface area contributed by atoms with Crippen molar-refractivity contribution in [3.05, 3.63) is 35.6 Å². The van der Waals surface area contributed by atoms with E-state index < -0.39 is 0 Å². The Hall–Kier alpha value is -1.13. The second kappa shape index (κ2) is 7.60. The van der Waals surface area contributed by atoms with Crippen LogP contribution in [0.1, 0.15) is 31.2 Å². The first kappa shape index (κ1) is 16.9. The summed E-state index contributed by atoms with van der Waals surface area (Å²) in [4.78, 5) is 12.2. The molecule has 0 heterocycles. The number of nitrogens with two attached hydrogens (primary N) is 1. The van der Waals surface area contributed by atoms with Gasteiger partial charge >= 0.3 is 0 Å². The molecule has 1 amide bonds. The monoisotopic (exact) mass is 300 g/mol. The molecule has 1 aliphatic rings. The molecule has 5 heteroatoms. The van der Waals surface area contributed by atoms with Crippen LogP contribution in [0, 0.1) is 11.2 Å². The Bertz CT molecular complexity index is 447. The van der Waals surface area contributed by atoms with E-state index in [9.17, 15) is 9.18 Å². The van der Waals surface area contributed by atoms with Gasteiger partial charge in [0, 0.05) is 13.1 Å². The van der Waals surface area contributed by atoms with E-state index in [1.165, 1.54) is 6.07 Å². The molecule has 3 nitrogen and oxygen atoms in total. The number of halogens is 2. The van der Waals surface area contributed by atoms with Crippen molar-refractivity contribution in [1.82, 2.24) is 5.32 Å². The van der Waals surface area contributed by atoms with Gasteiger partial charge in [-0.05, 0) is 30.9 Å². The number of benzene rings is 1. The van der Waals surface area contributed by atoms with Crippen LogP contribution < -0.4 is 11.1 Å². The molecule has 2 rings (SSSR count). The number of carbonyl (C=O) groups excluding carboxylic acids is 1. The van der Waals surface area contributed by atoms with Gasteiger partial charge in [0.05, 0.1) is 5.41 Å². The molecule has 1 aliphatic carbocycles. The van der Waals surface area contributed by atoms with Gasteiger partial charge in [-0.25, -0.2) is 4.39 Å². The highest BCUT2D eigenvalue weighted by molar-refractivity contribution is 5.85. The van der Waals surface area contributed by atoms with Crippen molar-refractivity contribution in [3.63, 3.8) is 0 Å². The molecule has 0 aromatic heterocycles. The largest absolute Gasteiger partial charge is 0.355 e. The SMILES string of the molecule is Cl.NCC1(C(=O)NCCc2ccccc2F)CCCC1. The topological polar surface area (TPSA) is 55.1 Å². The molecule has 0 spiro atoms. The average molecular weight is 301 g/mol. The van der Waals surface area contributed by atoms with Crippen LogP contribution in [0.2, 0.25) is 0 Å². The second-order valence-electron chi connectivity index (χ2n) is 5.29. The zero-order valence-corrected chi connectivity index (χ0v) is 12.3. The molecular weight excluding hydrogens is 279 g/mol. The van der Waals surface area contributed by atoms with E-state index in [0.29, 0.717) is 25.1 Å². The summed E-state index contributed by atoms with van der Waals surface area (Å²) in [6.07, 6.45) is 4.39. The summed E-state index contributed by atoms with van der Waals surface area (Å²) in [5.74, 6) is -0.185. The molecule has 1 aromatic carbocycles. The number of rotatable bonds is 5. The fraction of sp³-hybridized carbons (Fsp3) is 0.533. The zero-order valence-electron chi connectivity index (χ0n) is 11.5. The average Bonchev–Trinajstić information content (AvgIpc) is 2.91. The summed E-state index contributed by atoms with van der Waals surface area (Å²) in [6, 6.07) is 6.66. The molecule has 112 valence electrons. The van der Waals surface area contributed by atoms with Crippen molar-refractivity contribution in [2.45, 2.75) is 32.1 Å². The summed E-state index contributed by atoms with van der Waals surface area (Å²) in [6.45, 7) is 0.861. The molecule has 3 N–H and O–H groups in total. The van der Waals surface area contributed by atoms with Gasteiger partial charge in [0.25, 0.3) is 0 Å². The molecule has 0 saturated heterocycles. The molecule has 1 saturated carbocycles. The minimum atomic E-state index is -0.380. The molecule has 20 heavy (non-hydrogen) atoms. The van der Waals surface area contributed by atoms with Gasteiger partial charge in [-0.1, -0.05) is 31.0 Å². The van der Waals surface area contributed by atoms with Gasteiger partial charge < -0.3 is 11.1 Å². The third-order valence-electron chi connectivity index (χ3n) is 4.07. The van der Waals surface area contributed by atoms with Gasteiger partial charge in [0.15, 0.2) is 0 Å². The maximum absolute atomic E-state index is 13.4. The van der Waals surface area contributed by atoms with E-state index in [-0.39, 0.29) is 29.5 Å². The number of hydrogen-bond acceptors (Lipinski definition) is 2. The number of amides is 1. The fourth-order valence-electron chi connectivity index (χ4n) is 2.78. The van der Waals surface area contributed by atoms with Gasteiger partial charge in [-0.2, -0.15) is 0 Å². The molecule has 1 fully saturated rings. The van der Waals surface area contributed by atoms with Crippen LogP contribution in [0.3, 0.4) is 0 Å². The van der Waals surface area contributed by atoms with Crippen LogP contribution in [0.25, 0.3) is 0 Å². The second-order valence-corrected chi connectivity index (χ2v) is 5.29. The minimum absolute atomic E-state index is 0. The van der Waals surface area contributed by atoms with Crippen LogP contribution in [-0.4, -0.2) is 19.0 Å². The molecule has 0 unspecified atom stereocenters. The van der Waals surface area contributed by atoms with Crippen LogP contribution >= 0.6 is 12.4 Å². The number of nitrogens with one attached hydrogen (secondary N) is 1. The first-order valence-corrected chi connectivity index (χ1v) is 6.90. The first-order valence-electron chi connectivity index (χ1n) is 6.90. The lowest BCUT2D eigenvalue weighted by Gasteiger charge is -2.25. The van der Waals surface area contributed by atoms with Crippen molar-refractivity contribution < 1.29 is 9.18 Å². The van der Waals surface area contributed by atoms with Crippen molar-refractivity contribution in [3.8, 4) is 0 Å². The molecule has 0 atom stereocenters. The highest BCUT2D eigenvalue weighted by Crippen LogP contribution is 2.37. The lowest BCUT2D eigenvalue weighted by molar-refractivity contribution is -0.130. The smallest absolute Gasteiger partial charge is 0.227 e.